The first-order chi connectivity index (χ1) is 18.3. The van der Waals surface area contributed by atoms with Gasteiger partial charge in [-0.05, 0) is 34.5 Å². The van der Waals surface area contributed by atoms with E-state index in [4.69, 9.17) is 24.5 Å². The van der Waals surface area contributed by atoms with Gasteiger partial charge in [0.1, 0.15) is 0 Å². The van der Waals surface area contributed by atoms with E-state index in [1.807, 2.05) is 36.9 Å². The fourth-order valence-electron chi connectivity index (χ4n) is 3.32. The first kappa shape index (κ1) is 31.7. The van der Waals surface area contributed by atoms with Gasteiger partial charge in [0.05, 0.1) is 30.9 Å². The van der Waals surface area contributed by atoms with E-state index in [0.29, 0.717) is 12.5 Å². The molecule has 4 heterocycles. The van der Waals surface area contributed by atoms with Gasteiger partial charge >= 0.3 is 24.3 Å². The second-order valence-electron chi connectivity index (χ2n) is 8.15. The number of halogens is 6. The fraction of sp³-hybridized carbons (Fsp3) is 0.391. The van der Waals surface area contributed by atoms with Crippen molar-refractivity contribution in [3.63, 3.8) is 0 Å². The molecule has 16 heteroatoms. The molecule has 0 bridgehead atoms. The minimum atomic E-state index is -5.08. The first-order valence-corrected chi connectivity index (χ1v) is 12.0. The van der Waals surface area contributed by atoms with Crippen LogP contribution in [0.4, 0.5) is 26.3 Å². The van der Waals surface area contributed by atoms with Crippen LogP contribution < -0.4 is 0 Å². The Morgan fingerprint density at radius 2 is 1.72 bits per heavy atom. The highest BCUT2D eigenvalue weighted by Crippen LogP contribution is 2.20. The summed E-state index contributed by atoms with van der Waals surface area (Å²) < 4.78 is 71.7. The van der Waals surface area contributed by atoms with E-state index >= 15 is 0 Å². The quantitative estimate of drug-likeness (QED) is 0.410. The molecule has 3 aromatic heterocycles. The summed E-state index contributed by atoms with van der Waals surface area (Å²) in [7, 11) is 0. The fourth-order valence-corrected chi connectivity index (χ4v) is 3.98. The average Bonchev–Trinajstić information content (AvgIpc) is 3.48. The molecule has 0 fully saturated rings. The zero-order valence-corrected chi connectivity index (χ0v) is 20.9. The van der Waals surface area contributed by atoms with Crippen molar-refractivity contribution < 1.29 is 50.9 Å². The Hall–Kier alpha value is -3.50. The van der Waals surface area contributed by atoms with Gasteiger partial charge in [0.15, 0.2) is 0 Å². The number of carboxylic acid groups (broad SMARTS) is 2. The second-order valence-corrected chi connectivity index (χ2v) is 8.93. The van der Waals surface area contributed by atoms with Crippen molar-refractivity contribution >= 4 is 23.3 Å². The van der Waals surface area contributed by atoms with Crippen LogP contribution >= 0.6 is 11.3 Å². The van der Waals surface area contributed by atoms with Crippen LogP contribution in [0.15, 0.2) is 53.7 Å². The summed E-state index contributed by atoms with van der Waals surface area (Å²) in [6.45, 7) is 5.20. The van der Waals surface area contributed by atoms with Crippen molar-refractivity contribution in [2.45, 2.75) is 38.6 Å². The Morgan fingerprint density at radius 1 is 1.05 bits per heavy atom. The van der Waals surface area contributed by atoms with Crippen molar-refractivity contribution in [1.82, 2.24) is 19.4 Å². The molecule has 0 aromatic carbocycles. The lowest BCUT2D eigenvalue weighted by Crippen LogP contribution is -2.29. The van der Waals surface area contributed by atoms with Gasteiger partial charge in [0.2, 0.25) is 0 Å². The molecule has 0 saturated carbocycles. The average molecular weight is 583 g/mol. The molecule has 39 heavy (non-hydrogen) atoms. The van der Waals surface area contributed by atoms with E-state index < -0.39 is 24.3 Å². The van der Waals surface area contributed by atoms with E-state index in [9.17, 15) is 26.3 Å². The molecule has 1 aliphatic heterocycles. The van der Waals surface area contributed by atoms with Gasteiger partial charge in [-0.1, -0.05) is 6.07 Å². The maximum Gasteiger partial charge on any atom is 0.490 e. The Morgan fingerprint density at radius 3 is 2.26 bits per heavy atom. The van der Waals surface area contributed by atoms with Crippen LogP contribution in [-0.4, -0.2) is 67.1 Å². The minimum absolute atomic E-state index is 0.442. The van der Waals surface area contributed by atoms with Crippen molar-refractivity contribution in [1.29, 1.82) is 0 Å². The van der Waals surface area contributed by atoms with Crippen LogP contribution in [-0.2, 0) is 40.6 Å². The number of hydrogen-bond donors (Lipinski definition) is 2. The number of rotatable bonds is 6. The minimum Gasteiger partial charge on any atom is -0.475 e. The summed E-state index contributed by atoms with van der Waals surface area (Å²) in [6, 6.07) is 8.14. The molecule has 1 aliphatic rings. The highest BCUT2D eigenvalue weighted by Gasteiger charge is 2.38. The molecule has 0 radical (unpaired) electrons. The molecule has 0 spiro atoms. The number of pyridine rings is 1. The van der Waals surface area contributed by atoms with E-state index in [1.54, 1.807) is 11.3 Å². The molecular formula is C23H24F6N4O5S. The standard InChI is InChI=1S/C19H22N4OS.2C2HF3O2/c1-2-5-21-18(3-1)13-24-12-17-9-22(8-16-4-6-25-14-16)11-19-7-20-15-23(19)10-17;2*3-2(4,5)1(6)7/h1-7,14-15,17H,8-13H2;2*(H,6,7). The molecule has 3 aromatic rings. The Bertz CT molecular complexity index is 1130. The molecule has 1 atom stereocenters. The lowest BCUT2D eigenvalue weighted by molar-refractivity contribution is -0.193. The zero-order valence-electron chi connectivity index (χ0n) is 20.1. The van der Waals surface area contributed by atoms with Crippen molar-refractivity contribution in [3.8, 4) is 0 Å². The summed E-state index contributed by atoms with van der Waals surface area (Å²) in [6.07, 6.45) is -4.43. The zero-order chi connectivity index (χ0) is 29.1. The highest BCUT2D eigenvalue weighted by atomic mass is 32.1. The summed E-state index contributed by atoms with van der Waals surface area (Å²) in [5.74, 6) is -5.07. The molecule has 9 nitrogen and oxygen atoms in total. The van der Waals surface area contributed by atoms with E-state index in [1.165, 1.54) is 11.3 Å². The molecule has 4 rings (SSSR count). The summed E-state index contributed by atoms with van der Waals surface area (Å²) in [5, 5.41) is 18.6. The number of aliphatic carboxylic acids is 2. The summed E-state index contributed by atoms with van der Waals surface area (Å²) >= 11 is 1.76. The largest absolute Gasteiger partial charge is 0.490 e. The number of hydrogen-bond acceptors (Lipinski definition) is 7. The molecule has 1 unspecified atom stereocenters. The van der Waals surface area contributed by atoms with Crippen LogP contribution in [0.5, 0.6) is 0 Å². The van der Waals surface area contributed by atoms with Crippen LogP contribution in [0.2, 0.25) is 0 Å². The lowest BCUT2D eigenvalue weighted by atomic mass is 10.1. The Balaban J connectivity index is 0.000000317. The van der Waals surface area contributed by atoms with Gasteiger partial charge in [-0.2, -0.15) is 37.7 Å². The number of carboxylic acids is 2. The molecule has 0 aliphatic carbocycles. The number of imidazole rings is 1. The van der Waals surface area contributed by atoms with E-state index in [2.05, 4.69) is 36.3 Å². The maximum absolute atomic E-state index is 10.6. The number of thiophene rings is 1. The summed E-state index contributed by atoms with van der Waals surface area (Å²) in [4.78, 5) is 28.9. The van der Waals surface area contributed by atoms with Crippen LogP contribution in [0.1, 0.15) is 17.0 Å². The first-order valence-electron chi connectivity index (χ1n) is 11.1. The predicted octanol–water partition coefficient (Wildman–Crippen LogP) is 4.46. The normalized spacial score (nSPS) is 15.6. The Kier molecular flexibility index (Phi) is 11.9. The molecular weight excluding hydrogens is 558 g/mol. The van der Waals surface area contributed by atoms with E-state index in [-0.39, 0.29) is 0 Å². The third-order valence-corrected chi connectivity index (χ3v) is 5.69. The summed E-state index contributed by atoms with van der Waals surface area (Å²) in [5.41, 5.74) is 3.64. The number of alkyl halides is 6. The highest BCUT2D eigenvalue weighted by molar-refractivity contribution is 7.07. The van der Waals surface area contributed by atoms with Gasteiger partial charge in [-0.3, -0.25) is 9.88 Å². The van der Waals surface area contributed by atoms with Gasteiger partial charge in [-0.25, -0.2) is 14.6 Å². The number of nitrogens with zero attached hydrogens (tertiary/aromatic N) is 4. The number of ether oxygens (including phenoxy) is 1. The van der Waals surface area contributed by atoms with Crippen molar-refractivity contribution in [3.05, 3.63) is 70.7 Å². The van der Waals surface area contributed by atoms with Gasteiger partial charge in [0, 0.05) is 44.5 Å². The van der Waals surface area contributed by atoms with Gasteiger partial charge in [-0.15, -0.1) is 0 Å². The lowest BCUT2D eigenvalue weighted by Gasteiger charge is -2.23. The third-order valence-electron chi connectivity index (χ3n) is 4.96. The SMILES string of the molecule is O=C(O)C(F)(F)F.O=C(O)C(F)(F)F.c1ccc(COCC2CN(Cc3ccsc3)Cc3cncn3C2)nc1. The predicted molar refractivity (Wildman–Crippen MR) is 125 cm³/mol. The second kappa shape index (κ2) is 14.6. The number of carbonyl (C=O) groups is 2. The van der Waals surface area contributed by atoms with Crippen molar-refractivity contribution in [2.75, 3.05) is 13.2 Å². The molecule has 214 valence electrons. The Labute approximate surface area is 222 Å². The van der Waals surface area contributed by atoms with Gasteiger partial charge in [0.25, 0.3) is 0 Å². The molecule has 0 amide bonds. The van der Waals surface area contributed by atoms with Crippen molar-refractivity contribution in [2.24, 2.45) is 5.92 Å². The van der Waals surface area contributed by atoms with E-state index in [0.717, 1.165) is 38.5 Å². The van der Waals surface area contributed by atoms with Crippen LogP contribution in [0, 0.1) is 5.92 Å². The monoisotopic (exact) mass is 582 g/mol. The van der Waals surface area contributed by atoms with Crippen LogP contribution in [0.3, 0.4) is 0 Å². The molecule has 2 N–H and O–H groups in total. The number of aromatic nitrogens is 3. The topological polar surface area (TPSA) is 118 Å². The number of fused-ring (bicyclic) bond motifs is 1. The third kappa shape index (κ3) is 11.8. The van der Waals surface area contributed by atoms with Gasteiger partial charge < -0.3 is 19.5 Å². The molecule has 0 saturated heterocycles. The van der Waals surface area contributed by atoms with Crippen LogP contribution in [0.25, 0.3) is 0 Å². The smallest absolute Gasteiger partial charge is 0.475 e. The maximum atomic E-state index is 10.6.